The van der Waals surface area contributed by atoms with Crippen LogP contribution >= 0.6 is 0 Å². The van der Waals surface area contributed by atoms with E-state index >= 15 is 0 Å². The second-order valence-corrected chi connectivity index (χ2v) is 6.33. The maximum Gasteiger partial charge on any atom is 0.348 e. The molecule has 1 aromatic carbocycles. The zero-order chi connectivity index (χ0) is 19.6. The fourth-order valence-corrected chi connectivity index (χ4v) is 3.28. The molecule has 3 rings (SSSR count). The van der Waals surface area contributed by atoms with Gasteiger partial charge in [-0.25, -0.2) is 9.59 Å². The Labute approximate surface area is 155 Å². The molecule has 0 amide bonds. The van der Waals surface area contributed by atoms with Gasteiger partial charge in [0.1, 0.15) is 5.57 Å². The van der Waals surface area contributed by atoms with E-state index in [1.165, 1.54) is 20.3 Å². The van der Waals surface area contributed by atoms with Gasteiger partial charge in [0.25, 0.3) is 11.5 Å². The maximum absolute atomic E-state index is 12.4. The van der Waals surface area contributed by atoms with Gasteiger partial charge in [-0.2, -0.15) is 0 Å². The Balaban J connectivity index is 2.00. The summed E-state index contributed by atoms with van der Waals surface area (Å²) in [6.07, 6.45) is 4.56. The van der Waals surface area contributed by atoms with Crippen LogP contribution in [-0.2, 0) is 19.1 Å². The molecule has 0 radical (unpaired) electrons. The third-order valence-corrected chi connectivity index (χ3v) is 4.64. The van der Waals surface area contributed by atoms with Crippen molar-refractivity contribution >= 4 is 23.7 Å². The molecule has 1 heterocycles. The Morgan fingerprint density at radius 2 is 1.59 bits per heavy atom. The van der Waals surface area contributed by atoms with Gasteiger partial charge < -0.3 is 18.9 Å². The quantitative estimate of drug-likeness (QED) is 0.259. The summed E-state index contributed by atoms with van der Waals surface area (Å²) in [6.45, 7) is 0. The first-order valence-corrected chi connectivity index (χ1v) is 8.48. The van der Waals surface area contributed by atoms with Crippen molar-refractivity contribution < 1.29 is 33.5 Å². The van der Waals surface area contributed by atoms with E-state index in [1.54, 1.807) is 0 Å². The van der Waals surface area contributed by atoms with Gasteiger partial charge in [-0.15, -0.1) is 0 Å². The third-order valence-electron chi connectivity index (χ3n) is 4.64. The summed E-state index contributed by atoms with van der Waals surface area (Å²) in [5, 5.41) is 11.4. The molecule has 2 fully saturated rings. The van der Waals surface area contributed by atoms with E-state index in [-0.39, 0.29) is 22.7 Å². The first-order valence-electron chi connectivity index (χ1n) is 8.48. The molecule has 1 saturated carbocycles. The van der Waals surface area contributed by atoms with E-state index in [9.17, 15) is 19.7 Å². The van der Waals surface area contributed by atoms with Gasteiger partial charge in [0, 0.05) is 12.8 Å². The smallest absolute Gasteiger partial charge is 0.348 e. The molecule has 1 spiro atoms. The summed E-state index contributed by atoms with van der Waals surface area (Å²) in [7, 11) is 2.72. The molecule has 0 atom stereocenters. The fourth-order valence-electron chi connectivity index (χ4n) is 3.28. The molecule has 0 aromatic heterocycles. The lowest BCUT2D eigenvalue weighted by molar-refractivity contribution is -0.385. The van der Waals surface area contributed by atoms with Gasteiger partial charge in [0.15, 0.2) is 11.5 Å². The first-order chi connectivity index (χ1) is 12.9. The van der Waals surface area contributed by atoms with Gasteiger partial charge in [-0.1, -0.05) is 6.42 Å². The standard InChI is InChI=1S/C18H19NO8/c1-24-14-9-11(13(19(22)23)10-15(14)25-2)8-12-16(20)26-18(27-17(12)21)6-4-3-5-7-18/h8-10H,3-7H2,1-2H3. The summed E-state index contributed by atoms with van der Waals surface area (Å²) in [5.41, 5.74) is -0.749. The summed E-state index contributed by atoms with van der Waals surface area (Å²) >= 11 is 0. The number of methoxy groups -OCH3 is 2. The molecule has 0 bridgehead atoms. The summed E-state index contributed by atoms with van der Waals surface area (Å²) in [4.78, 5) is 35.6. The monoisotopic (exact) mass is 377 g/mol. The number of nitro benzene ring substituents is 1. The largest absolute Gasteiger partial charge is 0.493 e. The number of hydrogen-bond donors (Lipinski definition) is 0. The lowest BCUT2D eigenvalue weighted by Gasteiger charge is -2.38. The van der Waals surface area contributed by atoms with Gasteiger partial charge in [0.2, 0.25) is 0 Å². The molecule has 9 heteroatoms. The Bertz CT molecular complexity index is 801. The van der Waals surface area contributed by atoms with Crippen LogP contribution in [0.3, 0.4) is 0 Å². The number of benzene rings is 1. The Hall–Kier alpha value is -3.10. The SMILES string of the molecule is COc1cc(C=C2C(=O)OC3(CCCCC3)OC2=O)c([N+](=O)[O-])cc1OC. The number of hydrogen-bond acceptors (Lipinski definition) is 8. The molecule has 27 heavy (non-hydrogen) atoms. The molecule has 9 nitrogen and oxygen atoms in total. The fraction of sp³-hybridized carbons (Fsp3) is 0.444. The van der Waals surface area contributed by atoms with Crippen molar-refractivity contribution in [2.45, 2.75) is 37.9 Å². The van der Waals surface area contributed by atoms with Crippen LogP contribution in [0.5, 0.6) is 11.5 Å². The molecule has 1 saturated heterocycles. The van der Waals surface area contributed by atoms with Gasteiger partial charge in [0.05, 0.1) is 30.8 Å². The average Bonchev–Trinajstić information content (AvgIpc) is 2.64. The van der Waals surface area contributed by atoms with E-state index in [2.05, 4.69) is 0 Å². The first kappa shape index (κ1) is 18.7. The minimum Gasteiger partial charge on any atom is -0.493 e. The molecule has 144 valence electrons. The highest BCUT2D eigenvalue weighted by Crippen LogP contribution is 2.39. The second kappa shape index (κ2) is 7.26. The molecule has 2 aliphatic rings. The molecule has 1 aliphatic carbocycles. The highest BCUT2D eigenvalue weighted by atomic mass is 16.7. The number of esters is 2. The number of nitro groups is 1. The van der Waals surface area contributed by atoms with Crippen molar-refractivity contribution in [3.63, 3.8) is 0 Å². The number of nitrogens with zero attached hydrogens (tertiary/aromatic N) is 1. The lowest BCUT2D eigenvalue weighted by Crippen LogP contribution is -2.47. The summed E-state index contributed by atoms with van der Waals surface area (Å²) in [6, 6.07) is 2.48. The van der Waals surface area contributed by atoms with Crippen LogP contribution in [0.1, 0.15) is 37.7 Å². The van der Waals surface area contributed by atoms with Crippen LogP contribution in [0.2, 0.25) is 0 Å². The van der Waals surface area contributed by atoms with Crippen molar-refractivity contribution in [3.8, 4) is 11.5 Å². The summed E-state index contributed by atoms with van der Waals surface area (Å²) in [5.74, 6) is -2.54. The highest BCUT2D eigenvalue weighted by Gasteiger charge is 2.46. The maximum atomic E-state index is 12.4. The second-order valence-electron chi connectivity index (χ2n) is 6.33. The minimum atomic E-state index is -1.21. The molecular weight excluding hydrogens is 358 g/mol. The number of ether oxygens (including phenoxy) is 4. The topological polar surface area (TPSA) is 114 Å². The van der Waals surface area contributed by atoms with Crippen molar-refractivity contribution in [1.82, 2.24) is 0 Å². The Kier molecular flexibility index (Phi) is 5.02. The van der Waals surface area contributed by atoms with E-state index in [4.69, 9.17) is 18.9 Å². The van der Waals surface area contributed by atoms with Crippen LogP contribution in [0.15, 0.2) is 17.7 Å². The van der Waals surface area contributed by atoms with E-state index in [0.29, 0.717) is 12.8 Å². The average molecular weight is 377 g/mol. The van der Waals surface area contributed by atoms with E-state index in [0.717, 1.165) is 31.4 Å². The van der Waals surface area contributed by atoms with Crippen molar-refractivity contribution in [2.24, 2.45) is 0 Å². The summed E-state index contributed by atoms with van der Waals surface area (Å²) < 4.78 is 21.0. The number of carbonyl (C=O) groups excluding carboxylic acids is 2. The van der Waals surface area contributed by atoms with E-state index < -0.39 is 28.2 Å². The third kappa shape index (κ3) is 3.57. The molecule has 1 aliphatic heterocycles. The predicted molar refractivity (Wildman–Crippen MR) is 92.2 cm³/mol. The minimum absolute atomic E-state index is 0.00106. The molecule has 0 unspecified atom stereocenters. The molecular formula is C18H19NO8. The van der Waals surface area contributed by atoms with Crippen molar-refractivity contribution in [3.05, 3.63) is 33.4 Å². The number of rotatable bonds is 4. The van der Waals surface area contributed by atoms with Crippen LogP contribution < -0.4 is 9.47 Å². The van der Waals surface area contributed by atoms with Crippen LogP contribution in [-0.4, -0.2) is 36.9 Å². The van der Waals surface area contributed by atoms with Gasteiger partial charge in [-0.05, 0) is 25.0 Å². The molecule has 1 aromatic rings. The zero-order valence-corrected chi connectivity index (χ0v) is 15.0. The predicted octanol–water partition coefficient (Wildman–Crippen LogP) is 2.76. The Morgan fingerprint density at radius 1 is 1.04 bits per heavy atom. The van der Waals surface area contributed by atoms with Gasteiger partial charge in [-0.3, -0.25) is 10.1 Å². The normalized spacial score (nSPS) is 18.5. The van der Waals surface area contributed by atoms with Crippen LogP contribution in [0.25, 0.3) is 6.08 Å². The van der Waals surface area contributed by atoms with Gasteiger partial charge >= 0.3 is 11.9 Å². The zero-order valence-electron chi connectivity index (χ0n) is 15.0. The van der Waals surface area contributed by atoms with Crippen molar-refractivity contribution in [1.29, 1.82) is 0 Å². The Morgan fingerprint density at radius 3 is 2.11 bits per heavy atom. The highest BCUT2D eigenvalue weighted by molar-refractivity contribution is 6.19. The van der Waals surface area contributed by atoms with Crippen LogP contribution in [0, 0.1) is 10.1 Å². The molecule has 0 N–H and O–H groups in total. The van der Waals surface area contributed by atoms with Crippen molar-refractivity contribution in [2.75, 3.05) is 14.2 Å². The van der Waals surface area contributed by atoms with E-state index in [1.807, 2.05) is 0 Å². The van der Waals surface area contributed by atoms with Crippen LogP contribution in [0.4, 0.5) is 5.69 Å². The lowest BCUT2D eigenvalue weighted by atomic mass is 9.93. The number of carbonyl (C=O) groups is 2.